The molecule has 0 atom stereocenters. The quantitative estimate of drug-likeness (QED) is 0.342. The third-order valence-corrected chi connectivity index (χ3v) is 3.85. The van der Waals surface area contributed by atoms with Gasteiger partial charge in [-0.15, -0.1) is 4.95 Å². The van der Waals surface area contributed by atoms with Gasteiger partial charge >= 0.3 is 6.18 Å². The number of benzene rings is 2. The van der Waals surface area contributed by atoms with E-state index in [9.17, 15) is 13.2 Å². The van der Waals surface area contributed by atoms with E-state index in [4.69, 9.17) is 11.8 Å². The zero-order valence-electron chi connectivity index (χ0n) is 12.9. The second-order valence-electron chi connectivity index (χ2n) is 5.42. The summed E-state index contributed by atoms with van der Waals surface area (Å²) in [5, 5.41) is 12.7. The summed E-state index contributed by atoms with van der Waals surface area (Å²) >= 11 is 0. The topological polar surface area (TPSA) is 52.9 Å². The van der Waals surface area contributed by atoms with Crippen molar-refractivity contribution >= 4 is 11.4 Å². The third kappa shape index (κ3) is 2.77. The molecule has 122 valence electrons. The van der Waals surface area contributed by atoms with Gasteiger partial charge in [-0.05, 0) is 25.1 Å². The zero-order chi connectivity index (χ0) is 18.2. The van der Waals surface area contributed by atoms with Crippen LogP contribution in [-0.2, 0) is 6.18 Å². The van der Waals surface area contributed by atoms with Crippen molar-refractivity contribution < 1.29 is 13.2 Å². The molecule has 1 aliphatic rings. The number of nitriles is 1. The van der Waals surface area contributed by atoms with E-state index in [1.807, 2.05) is 6.92 Å². The SMILES string of the molecule is [C-]#[N+]/N=C1\c2ccc(C)cc2/C(=N/C#N)c2ccc(C(F)(F)F)cc21. The van der Waals surface area contributed by atoms with Crippen LogP contribution in [0.1, 0.15) is 33.4 Å². The molecule has 1 aliphatic carbocycles. The first-order chi connectivity index (χ1) is 11.9. The Bertz CT molecular complexity index is 1020. The van der Waals surface area contributed by atoms with Gasteiger partial charge < -0.3 is 0 Å². The van der Waals surface area contributed by atoms with E-state index in [2.05, 4.69) is 15.0 Å². The van der Waals surface area contributed by atoms with Crippen molar-refractivity contribution in [2.75, 3.05) is 0 Å². The van der Waals surface area contributed by atoms with Gasteiger partial charge in [0.15, 0.2) is 5.71 Å². The van der Waals surface area contributed by atoms with E-state index in [0.29, 0.717) is 16.7 Å². The lowest BCUT2D eigenvalue weighted by molar-refractivity contribution is -0.137. The smallest absolute Gasteiger partial charge is 0.181 e. The average molecular weight is 338 g/mol. The van der Waals surface area contributed by atoms with E-state index in [1.54, 1.807) is 24.4 Å². The van der Waals surface area contributed by atoms with Gasteiger partial charge in [-0.3, -0.25) is 0 Å². The molecule has 0 unspecified atom stereocenters. The summed E-state index contributed by atoms with van der Waals surface area (Å²) in [5.41, 5.74) is 1.97. The van der Waals surface area contributed by atoms with Crippen LogP contribution in [0.4, 0.5) is 13.2 Å². The Morgan fingerprint density at radius 1 is 1.00 bits per heavy atom. The Balaban J connectivity index is 2.40. The summed E-state index contributed by atoms with van der Waals surface area (Å²) in [4.78, 5) is 6.80. The Morgan fingerprint density at radius 3 is 2.28 bits per heavy atom. The molecule has 0 amide bonds. The highest BCUT2D eigenvalue weighted by atomic mass is 19.4. The Labute approximate surface area is 141 Å². The fourth-order valence-electron chi connectivity index (χ4n) is 2.80. The highest BCUT2D eigenvalue weighted by Gasteiger charge is 2.35. The standard InChI is InChI=1S/C18H9F3N4/c1-10-3-5-13-14(7-10)16(24-9-22)12-6-4-11(18(19,20)21)8-15(12)17(13)25-23-2/h3-8H,1H3/b24-16+,25-17+. The predicted octanol–water partition coefficient (Wildman–Crippen LogP) is 4.32. The van der Waals surface area contributed by atoms with Gasteiger partial charge in [-0.1, -0.05) is 23.8 Å². The van der Waals surface area contributed by atoms with Crippen molar-refractivity contribution in [3.63, 3.8) is 0 Å². The summed E-state index contributed by atoms with van der Waals surface area (Å²) < 4.78 is 39.2. The highest BCUT2D eigenvalue weighted by Crippen LogP contribution is 2.35. The monoisotopic (exact) mass is 338 g/mol. The Morgan fingerprint density at radius 2 is 1.64 bits per heavy atom. The van der Waals surface area contributed by atoms with Crippen LogP contribution in [0.25, 0.3) is 4.95 Å². The number of rotatable bonds is 0. The lowest BCUT2D eigenvalue weighted by Gasteiger charge is -2.22. The van der Waals surface area contributed by atoms with E-state index in [1.165, 1.54) is 6.07 Å². The van der Waals surface area contributed by atoms with Gasteiger partial charge in [0.1, 0.15) is 0 Å². The van der Waals surface area contributed by atoms with Crippen LogP contribution in [-0.4, -0.2) is 11.4 Å². The van der Waals surface area contributed by atoms with Crippen LogP contribution in [0.5, 0.6) is 0 Å². The number of alkyl halides is 3. The molecule has 0 aromatic heterocycles. The molecular weight excluding hydrogens is 329 g/mol. The number of halogens is 3. The van der Waals surface area contributed by atoms with Gasteiger partial charge in [0.05, 0.1) is 16.4 Å². The van der Waals surface area contributed by atoms with Crippen molar-refractivity contribution in [3.05, 3.63) is 81.3 Å². The van der Waals surface area contributed by atoms with Crippen molar-refractivity contribution in [1.29, 1.82) is 5.26 Å². The molecule has 2 aromatic carbocycles. The number of fused-ring (bicyclic) bond motifs is 2. The van der Waals surface area contributed by atoms with E-state index < -0.39 is 11.7 Å². The Hall–Kier alpha value is -3.45. The number of aliphatic imine (C=N–C) groups is 1. The van der Waals surface area contributed by atoms with Crippen molar-refractivity contribution in [2.45, 2.75) is 13.1 Å². The molecule has 3 rings (SSSR count). The van der Waals surface area contributed by atoms with Crippen LogP contribution in [0.3, 0.4) is 0 Å². The largest absolute Gasteiger partial charge is 0.416 e. The van der Waals surface area contributed by atoms with Gasteiger partial charge in [0, 0.05) is 22.3 Å². The molecule has 0 heterocycles. The molecule has 7 heteroatoms. The van der Waals surface area contributed by atoms with Crippen molar-refractivity contribution in [2.24, 2.45) is 10.1 Å². The molecule has 0 spiro atoms. The van der Waals surface area contributed by atoms with Crippen LogP contribution in [0.2, 0.25) is 0 Å². The number of hydrogen-bond donors (Lipinski definition) is 0. The van der Waals surface area contributed by atoms with E-state index >= 15 is 0 Å². The second-order valence-corrected chi connectivity index (χ2v) is 5.42. The Kier molecular flexibility index (Phi) is 3.86. The van der Waals surface area contributed by atoms with Crippen LogP contribution < -0.4 is 0 Å². The summed E-state index contributed by atoms with van der Waals surface area (Å²) in [6.07, 6.45) is -2.83. The van der Waals surface area contributed by atoms with Crippen molar-refractivity contribution in [1.82, 2.24) is 0 Å². The molecule has 0 fully saturated rings. The summed E-state index contributed by atoms with van der Waals surface area (Å²) in [6.45, 7) is 8.85. The normalized spacial score (nSPS) is 16.1. The van der Waals surface area contributed by atoms with Crippen LogP contribution in [0.15, 0.2) is 46.5 Å². The highest BCUT2D eigenvalue weighted by molar-refractivity contribution is 6.32. The minimum Gasteiger partial charge on any atom is -0.181 e. The first kappa shape index (κ1) is 16.4. The lowest BCUT2D eigenvalue weighted by atomic mass is 9.81. The molecule has 25 heavy (non-hydrogen) atoms. The molecule has 0 aliphatic heterocycles. The predicted molar refractivity (Wildman–Crippen MR) is 86.1 cm³/mol. The minimum atomic E-state index is -4.53. The van der Waals surface area contributed by atoms with Crippen LogP contribution in [0, 0.1) is 25.0 Å². The second kappa shape index (κ2) is 5.88. The average Bonchev–Trinajstić information content (AvgIpc) is 2.56. The molecular formula is C18H9F3N4. The van der Waals surface area contributed by atoms with Gasteiger partial charge in [-0.25, -0.2) is 0 Å². The van der Waals surface area contributed by atoms with E-state index in [0.717, 1.165) is 17.7 Å². The molecule has 2 aromatic rings. The molecule has 0 saturated heterocycles. The first-order valence-corrected chi connectivity index (χ1v) is 7.11. The minimum absolute atomic E-state index is 0.135. The maximum atomic E-state index is 13.1. The van der Waals surface area contributed by atoms with Crippen LogP contribution >= 0.6 is 0 Å². The first-order valence-electron chi connectivity index (χ1n) is 7.11. The number of aryl methyl sites for hydroxylation is 1. The molecule has 0 saturated carbocycles. The summed E-state index contributed by atoms with van der Waals surface area (Å²) in [5.74, 6) is 0. The maximum absolute atomic E-state index is 13.1. The number of hydrogen-bond acceptors (Lipinski definition) is 3. The molecule has 0 N–H and O–H groups in total. The maximum Gasteiger partial charge on any atom is 0.416 e. The number of nitrogens with zero attached hydrogens (tertiary/aromatic N) is 4. The molecule has 0 radical (unpaired) electrons. The fraction of sp³-hybridized carbons (Fsp3) is 0.111. The molecule has 0 bridgehead atoms. The van der Waals surface area contributed by atoms with Gasteiger partial charge in [0.25, 0.3) is 0 Å². The molecule has 4 nitrogen and oxygen atoms in total. The fourth-order valence-corrected chi connectivity index (χ4v) is 2.80. The van der Waals surface area contributed by atoms with Gasteiger partial charge in [-0.2, -0.15) is 30.0 Å². The lowest BCUT2D eigenvalue weighted by Crippen LogP contribution is -2.23. The van der Waals surface area contributed by atoms with Gasteiger partial charge in [0.2, 0.25) is 6.19 Å². The summed E-state index contributed by atoms with van der Waals surface area (Å²) in [6, 6.07) is 8.34. The zero-order valence-corrected chi connectivity index (χ0v) is 12.9. The van der Waals surface area contributed by atoms with E-state index in [-0.39, 0.29) is 17.0 Å². The third-order valence-electron chi connectivity index (χ3n) is 3.85. The summed E-state index contributed by atoms with van der Waals surface area (Å²) in [7, 11) is 0. The van der Waals surface area contributed by atoms with Crippen molar-refractivity contribution in [3.8, 4) is 6.19 Å².